The lowest BCUT2D eigenvalue weighted by Crippen LogP contribution is -1.98. The Kier molecular flexibility index (Phi) is 2.82. The van der Waals surface area contributed by atoms with Gasteiger partial charge in [0.25, 0.3) is 0 Å². The number of nitriles is 1. The number of halogens is 1. The summed E-state index contributed by atoms with van der Waals surface area (Å²) < 4.78 is 12.9. The van der Waals surface area contributed by atoms with Gasteiger partial charge in [0.1, 0.15) is 5.82 Å². The molecule has 0 aliphatic heterocycles. The molecule has 1 heterocycles. The van der Waals surface area contributed by atoms with Crippen molar-refractivity contribution in [2.45, 2.75) is 13.3 Å². The second-order valence-electron chi connectivity index (χ2n) is 3.87. The van der Waals surface area contributed by atoms with Gasteiger partial charge in [-0.1, -0.05) is 6.07 Å². The quantitative estimate of drug-likeness (QED) is 0.770. The largest absolute Gasteiger partial charge is 0.253 e. The van der Waals surface area contributed by atoms with Crippen molar-refractivity contribution in [3.8, 4) is 6.07 Å². The number of benzene rings is 1. The summed E-state index contributed by atoms with van der Waals surface area (Å²) in [5.74, 6) is -0.308. The summed E-state index contributed by atoms with van der Waals surface area (Å²) in [6.45, 7) is 1.86. The van der Waals surface area contributed by atoms with E-state index in [1.165, 1.54) is 12.1 Å². The maximum Gasteiger partial charge on any atom is 0.123 e. The van der Waals surface area contributed by atoms with Crippen LogP contribution in [0.1, 0.15) is 12.6 Å². The highest BCUT2D eigenvalue weighted by molar-refractivity contribution is 5.78. The van der Waals surface area contributed by atoms with E-state index in [1.807, 2.05) is 19.1 Å². The van der Waals surface area contributed by atoms with E-state index in [2.05, 4.69) is 11.1 Å². The van der Waals surface area contributed by atoms with Crippen LogP contribution in [0.25, 0.3) is 10.9 Å². The first-order chi connectivity index (χ1) is 7.69. The van der Waals surface area contributed by atoms with Crippen LogP contribution in [0.15, 0.2) is 30.3 Å². The van der Waals surface area contributed by atoms with E-state index in [0.29, 0.717) is 6.42 Å². The molecule has 0 fully saturated rings. The first kappa shape index (κ1) is 10.6. The lowest BCUT2D eigenvalue weighted by Gasteiger charge is -2.04. The van der Waals surface area contributed by atoms with Gasteiger partial charge in [-0.3, -0.25) is 4.98 Å². The fourth-order valence-electron chi connectivity index (χ4n) is 1.61. The fourth-order valence-corrected chi connectivity index (χ4v) is 1.61. The Morgan fingerprint density at radius 3 is 2.94 bits per heavy atom. The lowest BCUT2D eigenvalue weighted by molar-refractivity contribution is 0.629. The molecule has 2 aromatic rings. The van der Waals surface area contributed by atoms with Gasteiger partial charge in [0.05, 0.1) is 11.6 Å². The monoisotopic (exact) mass is 214 g/mol. The Hall–Kier alpha value is -1.95. The van der Waals surface area contributed by atoms with E-state index < -0.39 is 0 Å². The van der Waals surface area contributed by atoms with Gasteiger partial charge in [0, 0.05) is 23.4 Å². The predicted molar refractivity (Wildman–Crippen MR) is 60.2 cm³/mol. The molecular weight excluding hydrogens is 203 g/mol. The highest BCUT2D eigenvalue weighted by Gasteiger charge is 2.04. The summed E-state index contributed by atoms with van der Waals surface area (Å²) in [7, 11) is 0. The van der Waals surface area contributed by atoms with Crippen molar-refractivity contribution < 1.29 is 4.39 Å². The van der Waals surface area contributed by atoms with Gasteiger partial charge < -0.3 is 0 Å². The summed E-state index contributed by atoms with van der Waals surface area (Å²) in [4.78, 5) is 4.39. The Morgan fingerprint density at radius 2 is 2.19 bits per heavy atom. The van der Waals surface area contributed by atoms with E-state index in [9.17, 15) is 4.39 Å². The van der Waals surface area contributed by atoms with Gasteiger partial charge in [-0.05, 0) is 31.2 Å². The van der Waals surface area contributed by atoms with Crippen LogP contribution in [0.4, 0.5) is 4.39 Å². The van der Waals surface area contributed by atoms with Crippen molar-refractivity contribution in [2.24, 2.45) is 5.92 Å². The molecule has 1 aromatic carbocycles. The summed E-state index contributed by atoms with van der Waals surface area (Å²) in [6, 6.07) is 10.4. The fraction of sp³-hybridized carbons (Fsp3) is 0.231. The molecule has 2 nitrogen and oxygen atoms in total. The SMILES string of the molecule is CC(C#N)Cc1ccc2cc(F)ccc2n1. The molecule has 0 aliphatic carbocycles. The van der Waals surface area contributed by atoms with Crippen LogP contribution < -0.4 is 0 Å². The molecular formula is C13H11FN2. The zero-order chi connectivity index (χ0) is 11.5. The zero-order valence-corrected chi connectivity index (χ0v) is 8.94. The zero-order valence-electron chi connectivity index (χ0n) is 8.94. The molecule has 0 bridgehead atoms. The highest BCUT2D eigenvalue weighted by Crippen LogP contribution is 2.15. The smallest absolute Gasteiger partial charge is 0.123 e. The molecule has 0 radical (unpaired) electrons. The topological polar surface area (TPSA) is 36.7 Å². The summed E-state index contributed by atoms with van der Waals surface area (Å²) in [5, 5.41) is 9.50. The molecule has 1 atom stereocenters. The van der Waals surface area contributed by atoms with Gasteiger partial charge in [0.2, 0.25) is 0 Å². The lowest BCUT2D eigenvalue weighted by atomic mass is 10.1. The Balaban J connectivity index is 2.38. The molecule has 16 heavy (non-hydrogen) atoms. The molecule has 1 aromatic heterocycles. The van der Waals surface area contributed by atoms with Crippen LogP contribution in [0, 0.1) is 23.1 Å². The molecule has 80 valence electrons. The molecule has 0 N–H and O–H groups in total. The minimum absolute atomic E-state index is 0.0506. The molecule has 2 rings (SSSR count). The van der Waals surface area contributed by atoms with Crippen molar-refractivity contribution >= 4 is 10.9 Å². The maximum atomic E-state index is 12.9. The molecule has 3 heteroatoms. The van der Waals surface area contributed by atoms with Gasteiger partial charge in [-0.2, -0.15) is 5.26 Å². The third kappa shape index (κ3) is 2.17. The van der Waals surface area contributed by atoms with E-state index in [4.69, 9.17) is 5.26 Å². The van der Waals surface area contributed by atoms with Crippen LogP contribution in [-0.4, -0.2) is 4.98 Å². The van der Waals surface area contributed by atoms with Crippen molar-refractivity contribution in [3.05, 3.63) is 41.8 Å². The number of hydrogen-bond acceptors (Lipinski definition) is 2. The number of hydrogen-bond donors (Lipinski definition) is 0. The number of aromatic nitrogens is 1. The number of rotatable bonds is 2. The molecule has 0 saturated carbocycles. The van der Waals surface area contributed by atoms with Crippen molar-refractivity contribution in [3.63, 3.8) is 0 Å². The van der Waals surface area contributed by atoms with Crippen LogP contribution in [-0.2, 0) is 6.42 Å². The average Bonchev–Trinajstić information content (AvgIpc) is 2.29. The number of pyridine rings is 1. The molecule has 1 unspecified atom stereocenters. The minimum atomic E-state index is -0.257. The first-order valence-corrected chi connectivity index (χ1v) is 5.14. The van der Waals surface area contributed by atoms with Crippen LogP contribution in [0.3, 0.4) is 0 Å². The highest BCUT2D eigenvalue weighted by atomic mass is 19.1. The Morgan fingerprint density at radius 1 is 1.38 bits per heavy atom. The van der Waals surface area contributed by atoms with E-state index in [1.54, 1.807) is 6.07 Å². The predicted octanol–water partition coefficient (Wildman–Crippen LogP) is 3.08. The van der Waals surface area contributed by atoms with E-state index in [-0.39, 0.29) is 11.7 Å². The summed E-state index contributed by atoms with van der Waals surface area (Å²) in [6.07, 6.45) is 0.629. The number of nitrogens with zero attached hydrogens (tertiary/aromatic N) is 2. The number of fused-ring (bicyclic) bond motifs is 1. The molecule has 0 spiro atoms. The van der Waals surface area contributed by atoms with Crippen LogP contribution in [0.5, 0.6) is 0 Å². The first-order valence-electron chi connectivity index (χ1n) is 5.14. The molecule has 0 amide bonds. The van der Waals surface area contributed by atoms with Crippen molar-refractivity contribution in [1.82, 2.24) is 4.98 Å². The Bertz CT molecular complexity index is 557. The second-order valence-corrected chi connectivity index (χ2v) is 3.87. The molecule has 0 saturated heterocycles. The van der Waals surface area contributed by atoms with E-state index in [0.717, 1.165) is 16.6 Å². The minimum Gasteiger partial charge on any atom is -0.253 e. The van der Waals surface area contributed by atoms with Gasteiger partial charge in [-0.15, -0.1) is 0 Å². The van der Waals surface area contributed by atoms with E-state index >= 15 is 0 Å². The third-order valence-electron chi connectivity index (χ3n) is 2.44. The Labute approximate surface area is 93.4 Å². The third-order valence-corrected chi connectivity index (χ3v) is 2.44. The molecule has 0 aliphatic rings. The van der Waals surface area contributed by atoms with Crippen molar-refractivity contribution in [2.75, 3.05) is 0 Å². The van der Waals surface area contributed by atoms with Crippen molar-refractivity contribution in [1.29, 1.82) is 5.26 Å². The van der Waals surface area contributed by atoms with Crippen LogP contribution >= 0.6 is 0 Å². The normalized spacial score (nSPS) is 12.3. The van der Waals surface area contributed by atoms with Gasteiger partial charge in [-0.25, -0.2) is 4.39 Å². The average molecular weight is 214 g/mol. The van der Waals surface area contributed by atoms with Gasteiger partial charge in [0.15, 0.2) is 0 Å². The standard InChI is InChI=1S/C13H11FN2/c1-9(8-15)6-12-4-2-10-7-11(14)3-5-13(10)16-12/h2-5,7,9H,6H2,1H3. The summed E-state index contributed by atoms with van der Waals surface area (Å²) in [5.41, 5.74) is 1.64. The summed E-state index contributed by atoms with van der Waals surface area (Å²) >= 11 is 0. The second kappa shape index (κ2) is 4.28. The van der Waals surface area contributed by atoms with Gasteiger partial charge >= 0.3 is 0 Å². The maximum absolute atomic E-state index is 12.9. The van der Waals surface area contributed by atoms with Crippen LogP contribution in [0.2, 0.25) is 0 Å².